The molecule has 0 aliphatic rings. The molecule has 8 heteroatoms. The lowest BCUT2D eigenvalue weighted by Gasteiger charge is -2.15. The third-order valence-corrected chi connectivity index (χ3v) is 5.87. The maximum atomic E-state index is 12.4. The molecule has 0 radical (unpaired) electrons. The Morgan fingerprint density at radius 2 is 1.63 bits per heavy atom. The van der Waals surface area contributed by atoms with Crippen LogP contribution in [-0.2, 0) is 11.3 Å². The summed E-state index contributed by atoms with van der Waals surface area (Å²) < 4.78 is 23.1. The van der Waals surface area contributed by atoms with Crippen molar-refractivity contribution >= 4 is 19.4 Å². The largest absolute Gasteiger partial charge is 0.493 e. The van der Waals surface area contributed by atoms with Gasteiger partial charge in [-0.05, 0) is 30.7 Å². The van der Waals surface area contributed by atoms with Crippen LogP contribution < -0.4 is 19.5 Å². The summed E-state index contributed by atoms with van der Waals surface area (Å²) in [4.78, 5) is 12.4. The van der Waals surface area contributed by atoms with Gasteiger partial charge in [-0.3, -0.25) is 4.68 Å². The molecule has 0 aliphatic heterocycles. The topological polar surface area (TPSA) is 71.8 Å². The van der Waals surface area contributed by atoms with Gasteiger partial charge in [0.25, 0.3) is 0 Å². The summed E-state index contributed by atoms with van der Waals surface area (Å²) in [7, 11) is 3.02. The zero-order chi connectivity index (χ0) is 20.2. The summed E-state index contributed by atoms with van der Waals surface area (Å²) in [5.41, 5.74) is 1.32. The molecule has 1 heterocycles. The zero-order valence-electron chi connectivity index (χ0n) is 17.1. The lowest BCUT2D eigenvalue weighted by atomic mass is 10.1. The SMILES string of the molecule is CCOC(=O)c1cc([Si](C)(C)C)nn1Cc1cc(OC)c(OC)c(OC)c1. The van der Waals surface area contributed by atoms with E-state index in [0.717, 1.165) is 10.9 Å². The van der Waals surface area contributed by atoms with E-state index in [1.54, 1.807) is 32.9 Å². The summed E-state index contributed by atoms with van der Waals surface area (Å²) in [5, 5.41) is 5.65. The Hall–Kier alpha value is -2.48. The number of hydrogen-bond acceptors (Lipinski definition) is 6. The van der Waals surface area contributed by atoms with Gasteiger partial charge >= 0.3 is 5.97 Å². The van der Waals surface area contributed by atoms with Crippen LogP contribution in [0.5, 0.6) is 17.2 Å². The molecular formula is C19H28N2O5Si. The summed E-state index contributed by atoms with van der Waals surface area (Å²) in [6.45, 7) is 9.05. The maximum Gasteiger partial charge on any atom is 0.356 e. The van der Waals surface area contributed by atoms with Crippen molar-refractivity contribution in [2.24, 2.45) is 0 Å². The van der Waals surface area contributed by atoms with E-state index < -0.39 is 8.07 Å². The van der Waals surface area contributed by atoms with Crippen molar-refractivity contribution in [3.8, 4) is 17.2 Å². The number of nitrogens with zero attached hydrogens (tertiary/aromatic N) is 2. The van der Waals surface area contributed by atoms with Gasteiger partial charge in [0, 0.05) is 5.32 Å². The Balaban J connectivity index is 2.49. The first kappa shape index (κ1) is 20.8. The van der Waals surface area contributed by atoms with Crippen LogP contribution in [0.4, 0.5) is 0 Å². The summed E-state index contributed by atoms with van der Waals surface area (Å²) in [6, 6.07) is 5.56. The minimum atomic E-state index is -1.69. The molecule has 0 saturated carbocycles. The van der Waals surface area contributed by atoms with Crippen LogP contribution in [0.1, 0.15) is 23.0 Å². The smallest absolute Gasteiger partial charge is 0.356 e. The number of benzene rings is 1. The van der Waals surface area contributed by atoms with E-state index >= 15 is 0 Å². The standard InChI is InChI=1S/C19H28N2O5Si/c1-8-26-19(22)14-11-17(27(5,6)7)20-21(14)12-13-9-15(23-2)18(25-4)16(10-13)24-3/h9-11H,8,12H2,1-7H3. The first-order valence-electron chi connectivity index (χ1n) is 8.79. The Bertz CT molecular complexity index is 786. The van der Waals surface area contributed by atoms with E-state index in [1.807, 2.05) is 18.2 Å². The van der Waals surface area contributed by atoms with Gasteiger partial charge < -0.3 is 18.9 Å². The van der Waals surface area contributed by atoms with Crippen LogP contribution in [0.3, 0.4) is 0 Å². The average Bonchev–Trinajstić information content (AvgIpc) is 3.05. The first-order chi connectivity index (χ1) is 12.7. The van der Waals surface area contributed by atoms with E-state index in [0.29, 0.717) is 36.1 Å². The fourth-order valence-corrected chi connectivity index (χ4v) is 3.66. The van der Waals surface area contributed by atoms with Crippen molar-refractivity contribution in [2.45, 2.75) is 33.1 Å². The quantitative estimate of drug-likeness (QED) is 0.508. The van der Waals surface area contributed by atoms with Gasteiger partial charge in [-0.2, -0.15) is 5.10 Å². The van der Waals surface area contributed by atoms with Crippen molar-refractivity contribution in [2.75, 3.05) is 27.9 Å². The highest BCUT2D eigenvalue weighted by atomic mass is 28.3. The van der Waals surface area contributed by atoms with Crippen molar-refractivity contribution in [1.82, 2.24) is 9.78 Å². The van der Waals surface area contributed by atoms with E-state index in [-0.39, 0.29) is 5.97 Å². The van der Waals surface area contributed by atoms with Crippen LogP contribution in [0.25, 0.3) is 0 Å². The molecule has 0 saturated heterocycles. The third-order valence-electron chi connectivity index (χ3n) is 4.09. The maximum absolute atomic E-state index is 12.4. The molecule has 1 aromatic heterocycles. The highest BCUT2D eigenvalue weighted by Gasteiger charge is 2.25. The van der Waals surface area contributed by atoms with Crippen molar-refractivity contribution in [1.29, 1.82) is 0 Å². The van der Waals surface area contributed by atoms with Gasteiger partial charge in [0.1, 0.15) is 13.8 Å². The Morgan fingerprint density at radius 3 is 2.07 bits per heavy atom. The predicted molar refractivity (Wildman–Crippen MR) is 106 cm³/mol. The Labute approximate surface area is 161 Å². The molecule has 0 N–H and O–H groups in total. The lowest BCUT2D eigenvalue weighted by Crippen LogP contribution is -2.39. The number of ether oxygens (including phenoxy) is 4. The number of carbonyl (C=O) groups is 1. The average molecular weight is 393 g/mol. The van der Waals surface area contributed by atoms with Gasteiger partial charge in [-0.25, -0.2) is 4.79 Å². The van der Waals surface area contributed by atoms with Crippen LogP contribution >= 0.6 is 0 Å². The van der Waals surface area contributed by atoms with Gasteiger partial charge in [-0.15, -0.1) is 0 Å². The van der Waals surface area contributed by atoms with Gasteiger partial charge in [0.05, 0.1) is 34.5 Å². The molecule has 2 aromatic rings. The lowest BCUT2D eigenvalue weighted by molar-refractivity contribution is 0.0512. The van der Waals surface area contributed by atoms with Gasteiger partial charge in [-0.1, -0.05) is 19.6 Å². The Kier molecular flexibility index (Phi) is 6.53. The van der Waals surface area contributed by atoms with Gasteiger partial charge in [0.15, 0.2) is 11.5 Å². The first-order valence-corrected chi connectivity index (χ1v) is 12.3. The molecule has 0 amide bonds. The molecule has 0 spiro atoms. The molecule has 0 atom stereocenters. The van der Waals surface area contributed by atoms with E-state index in [2.05, 4.69) is 19.6 Å². The molecule has 0 fully saturated rings. The number of rotatable bonds is 8. The highest BCUT2D eigenvalue weighted by molar-refractivity contribution is 6.88. The molecule has 27 heavy (non-hydrogen) atoms. The number of carbonyl (C=O) groups excluding carboxylic acids is 1. The number of hydrogen-bond donors (Lipinski definition) is 0. The van der Waals surface area contributed by atoms with E-state index in [4.69, 9.17) is 24.0 Å². The molecule has 148 valence electrons. The highest BCUT2D eigenvalue weighted by Crippen LogP contribution is 2.38. The Morgan fingerprint density at radius 1 is 1.04 bits per heavy atom. The minimum Gasteiger partial charge on any atom is -0.493 e. The third kappa shape index (κ3) is 4.63. The van der Waals surface area contributed by atoms with Crippen molar-refractivity contribution in [3.63, 3.8) is 0 Å². The molecule has 1 aromatic carbocycles. The van der Waals surface area contributed by atoms with Gasteiger partial charge in [0.2, 0.25) is 5.75 Å². The second kappa shape index (κ2) is 8.47. The monoisotopic (exact) mass is 392 g/mol. The molecule has 0 unspecified atom stereocenters. The number of methoxy groups -OCH3 is 3. The van der Waals surface area contributed by atoms with Crippen LogP contribution in [0.2, 0.25) is 19.6 Å². The van der Waals surface area contributed by atoms with Crippen molar-refractivity contribution < 1.29 is 23.7 Å². The zero-order valence-corrected chi connectivity index (χ0v) is 18.1. The second-order valence-corrected chi connectivity index (χ2v) is 12.1. The number of esters is 1. The summed E-state index contributed by atoms with van der Waals surface area (Å²) >= 11 is 0. The molecule has 0 aliphatic carbocycles. The predicted octanol–water partition coefficient (Wildman–Crippen LogP) is 2.68. The molecular weight excluding hydrogens is 364 g/mol. The number of aromatic nitrogens is 2. The summed E-state index contributed by atoms with van der Waals surface area (Å²) in [6.07, 6.45) is 0. The fourth-order valence-electron chi connectivity index (χ4n) is 2.67. The van der Waals surface area contributed by atoms with Crippen LogP contribution in [0, 0.1) is 0 Å². The minimum absolute atomic E-state index is 0.316. The molecule has 0 bridgehead atoms. The van der Waals surface area contributed by atoms with E-state index in [9.17, 15) is 4.79 Å². The van der Waals surface area contributed by atoms with Crippen LogP contribution in [-0.4, -0.2) is 51.8 Å². The van der Waals surface area contributed by atoms with Crippen molar-refractivity contribution in [3.05, 3.63) is 29.5 Å². The molecule has 7 nitrogen and oxygen atoms in total. The normalized spacial score (nSPS) is 11.2. The van der Waals surface area contributed by atoms with E-state index in [1.165, 1.54) is 0 Å². The summed E-state index contributed by atoms with van der Waals surface area (Å²) in [5.74, 6) is 1.27. The van der Waals surface area contributed by atoms with Crippen LogP contribution in [0.15, 0.2) is 18.2 Å². The fraction of sp³-hybridized carbons (Fsp3) is 0.474. The molecule has 2 rings (SSSR count). The second-order valence-electron chi connectivity index (χ2n) is 7.08.